The first kappa shape index (κ1) is 13.9. The van der Waals surface area contributed by atoms with Crippen LogP contribution in [-0.2, 0) is 10.0 Å². The van der Waals surface area contributed by atoms with E-state index in [4.69, 9.17) is 5.73 Å². The van der Waals surface area contributed by atoms with Gasteiger partial charge in [0.05, 0.1) is 4.90 Å². The van der Waals surface area contributed by atoms with E-state index in [1.165, 1.54) is 6.07 Å². The Bertz CT molecular complexity index is 466. The lowest BCUT2D eigenvalue weighted by Gasteiger charge is -2.09. The van der Waals surface area contributed by atoms with Gasteiger partial charge in [0.25, 0.3) is 0 Å². The van der Waals surface area contributed by atoms with E-state index in [0.717, 1.165) is 18.6 Å². The molecule has 0 fully saturated rings. The molecule has 0 aromatic heterocycles. The Morgan fingerprint density at radius 1 is 1.35 bits per heavy atom. The number of nitrogens with two attached hydrogens (primary N) is 1. The summed E-state index contributed by atoms with van der Waals surface area (Å²) >= 11 is 0. The van der Waals surface area contributed by atoms with Gasteiger partial charge in [0.1, 0.15) is 5.82 Å². The minimum atomic E-state index is -3.67. The third-order valence-corrected chi connectivity index (χ3v) is 3.66. The van der Waals surface area contributed by atoms with Gasteiger partial charge < -0.3 is 5.73 Å². The van der Waals surface area contributed by atoms with Crippen LogP contribution in [0, 0.1) is 11.7 Å². The average Bonchev–Trinajstić information content (AvgIpc) is 2.14. The topological polar surface area (TPSA) is 72.2 Å². The molecule has 0 aliphatic rings. The van der Waals surface area contributed by atoms with Gasteiger partial charge in [-0.05, 0) is 30.5 Å². The fraction of sp³-hybridized carbons (Fsp3) is 0.455. The summed E-state index contributed by atoms with van der Waals surface area (Å²) in [5, 5.41) is 0. The molecule has 17 heavy (non-hydrogen) atoms. The number of halogens is 1. The zero-order chi connectivity index (χ0) is 13.1. The van der Waals surface area contributed by atoms with E-state index in [9.17, 15) is 12.8 Å². The van der Waals surface area contributed by atoms with Crippen LogP contribution in [0.3, 0.4) is 0 Å². The van der Waals surface area contributed by atoms with Crippen molar-refractivity contribution in [2.24, 2.45) is 5.92 Å². The Hall–Kier alpha value is -1.14. The van der Waals surface area contributed by atoms with E-state index in [-0.39, 0.29) is 10.6 Å². The second kappa shape index (κ2) is 5.46. The summed E-state index contributed by atoms with van der Waals surface area (Å²) in [5.74, 6) is -0.260. The van der Waals surface area contributed by atoms with E-state index < -0.39 is 15.8 Å². The fourth-order valence-electron chi connectivity index (χ4n) is 1.30. The lowest BCUT2D eigenvalue weighted by molar-refractivity contribution is 0.550. The first-order valence-corrected chi connectivity index (χ1v) is 6.85. The van der Waals surface area contributed by atoms with Crippen LogP contribution in [0.5, 0.6) is 0 Å². The highest BCUT2D eigenvalue weighted by molar-refractivity contribution is 7.89. The predicted octanol–water partition coefficient (Wildman–Crippen LogP) is 1.73. The maximum Gasteiger partial charge on any atom is 0.240 e. The van der Waals surface area contributed by atoms with Gasteiger partial charge in [0, 0.05) is 12.2 Å². The maximum absolute atomic E-state index is 13.0. The molecule has 0 aliphatic carbocycles. The fourth-order valence-corrected chi connectivity index (χ4v) is 2.42. The Morgan fingerprint density at radius 3 is 2.53 bits per heavy atom. The number of rotatable bonds is 5. The number of anilines is 1. The van der Waals surface area contributed by atoms with Gasteiger partial charge in [-0.1, -0.05) is 13.8 Å². The number of nitrogen functional groups attached to an aromatic ring is 1. The van der Waals surface area contributed by atoms with Crippen molar-refractivity contribution in [1.29, 1.82) is 0 Å². The lowest BCUT2D eigenvalue weighted by Crippen LogP contribution is -2.25. The molecule has 1 rings (SSSR count). The first-order chi connectivity index (χ1) is 7.81. The van der Waals surface area contributed by atoms with E-state index in [0.29, 0.717) is 12.5 Å². The van der Waals surface area contributed by atoms with Gasteiger partial charge in [0.15, 0.2) is 0 Å². The highest BCUT2D eigenvalue weighted by Gasteiger charge is 2.15. The van der Waals surface area contributed by atoms with Gasteiger partial charge >= 0.3 is 0 Å². The average molecular weight is 260 g/mol. The van der Waals surface area contributed by atoms with Crippen molar-refractivity contribution < 1.29 is 12.8 Å². The van der Waals surface area contributed by atoms with Crippen LogP contribution in [0.15, 0.2) is 23.1 Å². The number of hydrogen-bond donors (Lipinski definition) is 2. The quantitative estimate of drug-likeness (QED) is 0.792. The van der Waals surface area contributed by atoms with Crippen molar-refractivity contribution in [3.05, 3.63) is 24.0 Å². The van der Waals surface area contributed by atoms with E-state index in [1.54, 1.807) is 0 Å². The summed E-state index contributed by atoms with van der Waals surface area (Å²) in [7, 11) is -3.67. The molecule has 0 heterocycles. The highest BCUT2D eigenvalue weighted by Crippen LogP contribution is 2.15. The number of benzene rings is 1. The minimum Gasteiger partial charge on any atom is -0.399 e. The maximum atomic E-state index is 13.0. The zero-order valence-electron chi connectivity index (χ0n) is 9.90. The Balaban J connectivity index is 2.82. The predicted molar refractivity (Wildman–Crippen MR) is 65.5 cm³/mol. The Labute approximate surface area is 101 Å². The third-order valence-electron chi connectivity index (χ3n) is 2.22. The lowest BCUT2D eigenvalue weighted by atomic mass is 10.1. The van der Waals surface area contributed by atoms with Crippen molar-refractivity contribution in [1.82, 2.24) is 4.72 Å². The highest BCUT2D eigenvalue weighted by atomic mass is 32.2. The van der Waals surface area contributed by atoms with Crippen molar-refractivity contribution in [3.8, 4) is 0 Å². The van der Waals surface area contributed by atoms with E-state index >= 15 is 0 Å². The molecule has 0 saturated carbocycles. The molecule has 1 aromatic carbocycles. The van der Waals surface area contributed by atoms with Gasteiger partial charge in [0.2, 0.25) is 10.0 Å². The number of nitrogens with one attached hydrogen (secondary N) is 1. The molecule has 0 atom stereocenters. The summed E-state index contributed by atoms with van der Waals surface area (Å²) in [4.78, 5) is -0.140. The molecule has 0 bridgehead atoms. The van der Waals surface area contributed by atoms with Gasteiger partial charge in [-0.15, -0.1) is 0 Å². The summed E-state index contributed by atoms with van der Waals surface area (Å²) < 4.78 is 39.0. The first-order valence-electron chi connectivity index (χ1n) is 5.37. The van der Waals surface area contributed by atoms with E-state index in [1.807, 2.05) is 13.8 Å². The summed E-state index contributed by atoms with van der Waals surface area (Å²) in [6.45, 7) is 4.32. The van der Waals surface area contributed by atoms with E-state index in [2.05, 4.69) is 4.72 Å². The molecule has 0 radical (unpaired) electrons. The van der Waals surface area contributed by atoms with Crippen LogP contribution in [-0.4, -0.2) is 15.0 Å². The third kappa shape index (κ3) is 4.32. The van der Waals surface area contributed by atoms with Crippen molar-refractivity contribution in [3.63, 3.8) is 0 Å². The monoisotopic (exact) mass is 260 g/mol. The molecule has 1 aromatic rings. The van der Waals surface area contributed by atoms with Crippen molar-refractivity contribution in [2.75, 3.05) is 12.3 Å². The summed E-state index contributed by atoms with van der Waals surface area (Å²) in [6.07, 6.45) is 0.726. The normalized spacial score (nSPS) is 12.0. The SMILES string of the molecule is CC(C)CCNS(=O)(=O)c1cc(N)cc(F)c1. The van der Waals surface area contributed by atoms with Crippen LogP contribution >= 0.6 is 0 Å². The van der Waals surface area contributed by atoms with Crippen LogP contribution in [0.25, 0.3) is 0 Å². The molecule has 6 heteroatoms. The largest absolute Gasteiger partial charge is 0.399 e. The number of sulfonamides is 1. The summed E-state index contributed by atoms with van der Waals surface area (Å²) in [5.41, 5.74) is 5.49. The van der Waals surface area contributed by atoms with Crippen LogP contribution in [0.2, 0.25) is 0 Å². The summed E-state index contributed by atoms with van der Waals surface area (Å²) in [6, 6.07) is 3.27. The van der Waals surface area contributed by atoms with Gasteiger partial charge in [-0.2, -0.15) is 0 Å². The molecular weight excluding hydrogens is 243 g/mol. The van der Waals surface area contributed by atoms with Gasteiger partial charge in [-0.25, -0.2) is 17.5 Å². The molecule has 96 valence electrons. The van der Waals surface area contributed by atoms with Crippen LogP contribution < -0.4 is 10.5 Å². The molecule has 3 N–H and O–H groups in total. The zero-order valence-corrected chi connectivity index (χ0v) is 10.7. The second-order valence-corrected chi connectivity index (χ2v) is 6.07. The molecule has 0 saturated heterocycles. The van der Waals surface area contributed by atoms with Crippen molar-refractivity contribution in [2.45, 2.75) is 25.2 Å². The molecule has 0 spiro atoms. The standard InChI is InChI=1S/C11H17FN2O2S/c1-8(2)3-4-14-17(15,16)11-6-9(12)5-10(13)7-11/h5-8,14H,3-4,13H2,1-2H3. The molecule has 4 nitrogen and oxygen atoms in total. The molecule has 0 unspecified atom stereocenters. The Kier molecular flexibility index (Phi) is 4.47. The Morgan fingerprint density at radius 2 is 2.00 bits per heavy atom. The van der Waals surface area contributed by atoms with Crippen LogP contribution in [0.4, 0.5) is 10.1 Å². The van der Waals surface area contributed by atoms with Crippen LogP contribution in [0.1, 0.15) is 20.3 Å². The molecule has 0 aliphatic heterocycles. The smallest absolute Gasteiger partial charge is 0.240 e. The molecule has 0 amide bonds. The molecular formula is C11H17FN2O2S. The van der Waals surface area contributed by atoms with Crippen molar-refractivity contribution >= 4 is 15.7 Å². The minimum absolute atomic E-state index is 0.0919. The second-order valence-electron chi connectivity index (χ2n) is 4.30. The number of hydrogen-bond acceptors (Lipinski definition) is 3. The van der Waals surface area contributed by atoms with Gasteiger partial charge in [-0.3, -0.25) is 0 Å².